The summed E-state index contributed by atoms with van der Waals surface area (Å²) >= 11 is 0. The standard InChI is InChI=1S/C6H7NO2/c1-4-2-5(8)3-6(9)7-4/h1-3H2,(H,7,9). The molecule has 0 saturated carbocycles. The van der Waals surface area contributed by atoms with Gasteiger partial charge in [0.1, 0.15) is 5.78 Å². The van der Waals surface area contributed by atoms with E-state index in [1.807, 2.05) is 0 Å². The zero-order valence-corrected chi connectivity index (χ0v) is 4.94. The van der Waals surface area contributed by atoms with Crippen LogP contribution in [0.25, 0.3) is 0 Å². The van der Waals surface area contributed by atoms with Crippen LogP contribution in [0.5, 0.6) is 0 Å². The molecular formula is C6H7NO2. The first-order valence-corrected chi connectivity index (χ1v) is 2.68. The maximum atomic E-state index is 10.6. The van der Waals surface area contributed by atoms with E-state index >= 15 is 0 Å². The molecule has 0 aromatic rings. The van der Waals surface area contributed by atoms with Gasteiger partial charge in [0.05, 0.1) is 6.42 Å². The number of carbonyl (C=O) groups is 2. The molecule has 1 N–H and O–H groups in total. The van der Waals surface area contributed by atoms with Gasteiger partial charge in [0, 0.05) is 12.1 Å². The summed E-state index contributed by atoms with van der Waals surface area (Å²) in [6.07, 6.45) is 0.310. The van der Waals surface area contributed by atoms with E-state index in [1.165, 1.54) is 0 Å². The number of allylic oxidation sites excluding steroid dienone is 1. The fourth-order valence-electron chi connectivity index (χ4n) is 0.765. The van der Waals surface area contributed by atoms with Crippen molar-refractivity contribution >= 4 is 11.7 Å². The van der Waals surface area contributed by atoms with Crippen LogP contribution in [0, 0.1) is 0 Å². The van der Waals surface area contributed by atoms with Gasteiger partial charge in [-0.05, 0) is 0 Å². The van der Waals surface area contributed by atoms with E-state index in [4.69, 9.17) is 0 Å². The molecule has 1 aliphatic rings. The highest BCUT2D eigenvalue weighted by atomic mass is 16.2. The normalized spacial score (nSPS) is 19.8. The van der Waals surface area contributed by atoms with Crippen molar-refractivity contribution in [3.05, 3.63) is 12.3 Å². The molecule has 3 nitrogen and oxygen atoms in total. The van der Waals surface area contributed by atoms with Crippen molar-refractivity contribution in [3.63, 3.8) is 0 Å². The Kier molecular flexibility index (Phi) is 1.34. The summed E-state index contributed by atoms with van der Waals surface area (Å²) in [5.41, 5.74) is 0.510. The van der Waals surface area contributed by atoms with E-state index in [2.05, 4.69) is 11.9 Å². The zero-order valence-electron chi connectivity index (χ0n) is 4.94. The van der Waals surface area contributed by atoms with Gasteiger partial charge < -0.3 is 5.32 Å². The fourth-order valence-corrected chi connectivity index (χ4v) is 0.765. The molecule has 48 valence electrons. The third-order valence-electron chi connectivity index (χ3n) is 1.08. The van der Waals surface area contributed by atoms with Gasteiger partial charge in [-0.1, -0.05) is 6.58 Å². The van der Waals surface area contributed by atoms with E-state index in [-0.39, 0.29) is 18.1 Å². The number of nitrogens with one attached hydrogen (secondary N) is 1. The van der Waals surface area contributed by atoms with Crippen LogP contribution < -0.4 is 5.32 Å². The van der Waals surface area contributed by atoms with Gasteiger partial charge in [-0.3, -0.25) is 9.59 Å². The Morgan fingerprint density at radius 1 is 1.33 bits per heavy atom. The van der Waals surface area contributed by atoms with Gasteiger partial charge in [-0.25, -0.2) is 0 Å². The van der Waals surface area contributed by atoms with Crippen LogP contribution in [0.1, 0.15) is 12.8 Å². The molecule has 9 heavy (non-hydrogen) atoms. The van der Waals surface area contributed by atoms with Gasteiger partial charge >= 0.3 is 0 Å². The Morgan fingerprint density at radius 2 is 2.00 bits per heavy atom. The van der Waals surface area contributed by atoms with E-state index in [1.54, 1.807) is 0 Å². The van der Waals surface area contributed by atoms with Gasteiger partial charge in [0.2, 0.25) is 5.91 Å². The van der Waals surface area contributed by atoms with Crippen molar-refractivity contribution in [1.29, 1.82) is 0 Å². The maximum Gasteiger partial charge on any atom is 0.231 e. The number of piperidine rings is 1. The molecule has 0 atom stereocenters. The molecule has 0 bridgehead atoms. The lowest BCUT2D eigenvalue weighted by molar-refractivity contribution is -0.129. The quantitative estimate of drug-likeness (QED) is 0.462. The summed E-state index contributed by atoms with van der Waals surface area (Å²) in [7, 11) is 0. The molecule has 0 aliphatic carbocycles. The fraction of sp³-hybridized carbons (Fsp3) is 0.333. The molecule has 3 heteroatoms. The minimum absolute atomic E-state index is 0.0129. The first-order chi connectivity index (χ1) is 4.18. The topological polar surface area (TPSA) is 46.2 Å². The first kappa shape index (κ1) is 6.01. The Hall–Kier alpha value is -1.12. The van der Waals surface area contributed by atoms with Crippen LogP contribution in [0.2, 0.25) is 0 Å². The summed E-state index contributed by atoms with van der Waals surface area (Å²) in [4.78, 5) is 21.1. The largest absolute Gasteiger partial charge is 0.330 e. The minimum Gasteiger partial charge on any atom is -0.330 e. The van der Waals surface area contributed by atoms with E-state index in [9.17, 15) is 9.59 Å². The molecule has 1 rings (SSSR count). The predicted molar refractivity (Wildman–Crippen MR) is 31.5 cm³/mol. The average molecular weight is 125 g/mol. The molecule has 0 aromatic heterocycles. The van der Waals surface area contributed by atoms with Crippen LogP contribution >= 0.6 is 0 Å². The second kappa shape index (κ2) is 2.01. The monoisotopic (exact) mass is 125 g/mol. The van der Waals surface area contributed by atoms with Gasteiger partial charge in [-0.15, -0.1) is 0 Å². The van der Waals surface area contributed by atoms with Crippen LogP contribution in [0.4, 0.5) is 0 Å². The predicted octanol–water partition coefficient (Wildman–Crippen LogP) is -0.0208. The summed E-state index contributed by atoms with van der Waals surface area (Å²) in [5.74, 6) is -0.292. The van der Waals surface area contributed by atoms with Crippen LogP contribution in [-0.2, 0) is 9.59 Å². The number of amides is 1. The molecule has 0 radical (unpaired) electrons. The van der Waals surface area contributed by atoms with E-state index in [0.717, 1.165) is 0 Å². The third kappa shape index (κ3) is 1.38. The number of hydrogen-bond donors (Lipinski definition) is 1. The second-order valence-electron chi connectivity index (χ2n) is 2.04. The summed E-state index contributed by atoms with van der Waals surface area (Å²) in [6, 6.07) is 0. The molecular weight excluding hydrogens is 118 g/mol. The molecule has 0 aromatic carbocycles. The lowest BCUT2D eigenvalue weighted by atomic mass is 10.1. The summed E-state index contributed by atoms with van der Waals surface area (Å²) in [5, 5.41) is 2.46. The lowest BCUT2D eigenvalue weighted by Gasteiger charge is -2.11. The molecule has 1 amide bonds. The highest BCUT2D eigenvalue weighted by molar-refractivity contribution is 6.02. The SMILES string of the molecule is C=C1CC(=O)CC(=O)N1. The maximum absolute atomic E-state index is 10.6. The van der Waals surface area contributed by atoms with Crippen molar-refractivity contribution in [2.75, 3.05) is 0 Å². The first-order valence-electron chi connectivity index (χ1n) is 2.68. The second-order valence-corrected chi connectivity index (χ2v) is 2.04. The van der Waals surface area contributed by atoms with Crippen molar-refractivity contribution < 1.29 is 9.59 Å². The van der Waals surface area contributed by atoms with Crippen LogP contribution in [0.3, 0.4) is 0 Å². The molecule has 1 saturated heterocycles. The minimum atomic E-state index is -0.240. The molecule has 1 fully saturated rings. The van der Waals surface area contributed by atoms with Crippen LogP contribution in [-0.4, -0.2) is 11.7 Å². The number of carbonyl (C=O) groups excluding carboxylic acids is 2. The third-order valence-corrected chi connectivity index (χ3v) is 1.08. The van der Waals surface area contributed by atoms with Crippen molar-refractivity contribution in [1.82, 2.24) is 5.32 Å². The van der Waals surface area contributed by atoms with Gasteiger partial charge in [0.25, 0.3) is 0 Å². The average Bonchev–Trinajstić information content (AvgIpc) is 1.59. The van der Waals surface area contributed by atoms with Crippen molar-refractivity contribution in [3.8, 4) is 0 Å². The molecule has 1 aliphatic heterocycles. The summed E-state index contributed by atoms with van der Waals surface area (Å²) < 4.78 is 0. The van der Waals surface area contributed by atoms with Gasteiger partial charge in [-0.2, -0.15) is 0 Å². The molecule has 1 heterocycles. The number of ketones is 1. The van der Waals surface area contributed by atoms with Crippen molar-refractivity contribution in [2.45, 2.75) is 12.8 Å². The number of hydrogen-bond acceptors (Lipinski definition) is 2. The molecule has 0 unspecified atom stereocenters. The summed E-state index contributed by atoms with van der Waals surface area (Å²) in [6.45, 7) is 3.46. The van der Waals surface area contributed by atoms with E-state index in [0.29, 0.717) is 12.1 Å². The zero-order chi connectivity index (χ0) is 6.85. The highest BCUT2D eigenvalue weighted by Crippen LogP contribution is 2.04. The Morgan fingerprint density at radius 3 is 2.44 bits per heavy atom. The van der Waals surface area contributed by atoms with Crippen molar-refractivity contribution in [2.24, 2.45) is 0 Å². The molecule has 0 spiro atoms. The Bertz CT molecular complexity index is 138. The Balaban J connectivity index is 2.64. The lowest BCUT2D eigenvalue weighted by Crippen LogP contribution is -2.31. The highest BCUT2D eigenvalue weighted by Gasteiger charge is 2.17. The smallest absolute Gasteiger partial charge is 0.231 e. The Labute approximate surface area is 52.7 Å². The van der Waals surface area contributed by atoms with E-state index < -0.39 is 0 Å². The van der Waals surface area contributed by atoms with Gasteiger partial charge in [0.15, 0.2) is 0 Å². The number of rotatable bonds is 0. The number of Topliss-reactive ketones (excluding diaryl/α,β-unsaturated/α-hetero) is 1. The van der Waals surface area contributed by atoms with Crippen LogP contribution in [0.15, 0.2) is 12.3 Å².